The van der Waals surface area contributed by atoms with Gasteiger partial charge in [0.25, 0.3) is 5.56 Å². The summed E-state index contributed by atoms with van der Waals surface area (Å²) in [6.45, 7) is 3.43. The van der Waals surface area contributed by atoms with Crippen molar-refractivity contribution >= 4 is 11.3 Å². The van der Waals surface area contributed by atoms with E-state index in [1.54, 1.807) is 38.2 Å². The van der Waals surface area contributed by atoms with Crippen LogP contribution in [0.4, 0.5) is 5.69 Å². The van der Waals surface area contributed by atoms with Crippen molar-refractivity contribution in [1.29, 1.82) is 0 Å². The average molecular weight is 299 g/mol. The molecule has 0 fully saturated rings. The monoisotopic (exact) mass is 299 g/mol. The molecule has 0 spiro atoms. The van der Waals surface area contributed by atoms with Crippen molar-refractivity contribution in [2.45, 2.75) is 20.4 Å². The Bertz CT molecular complexity index is 941. The van der Waals surface area contributed by atoms with Crippen LogP contribution in [0.2, 0.25) is 0 Å². The standard InChI is InChI=1S/C14H13N5O3/c1-9-14(19(21)22)10(2)18(16-9)8-11-7-13(20)17-6-4-3-5-12(17)15-11/h3-7H,8H2,1-2H3. The first kappa shape index (κ1) is 13.9. The highest BCUT2D eigenvalue weighted by Gasteiger charge is 2.22. The number of pyridine rings is 1. The second-order valence-electron chi connectivity index (χ2n) is 4.95. The quantitative estimate of drug-likeness (QED) is 0.539. The van der Waals surface area contributed by atoms with Gasteiger partial charge >= 0.3 is 5.69 Å². The van der Waals surface area contributed by atoms with Crippen molar-refractivity contribution in [2.24, 2.45) is 0 Å². The van der Waals surface area contributed by atoms with Crippen LogP contribution in [-0.2, 0) is 6.54 Å². The third kappa shape index (κ3) is 2.24. The fourth-order valence-corrected chi connectivity index (χ4v) is 2.44. The third-order valence-electron chi connectivity index (χ3n) is 3.46. The number of hydrogen-bond donors (Lipinski definition) is 0. The zero-order chi connectivity index (χ0) is 15.9. The second kappa shape index (κ2) is 5.06. The van der Waals surface area contributed by atoms with E-state index < -0.39 is 4.92 Å². The molecule has 0 aromatic carbocycles. The molecule has 0 aliphatic rings. The summed E-state index contributed by atoms with van der Waals surface area (Å²) in [5, 5.41) is 15.2. The van der Waals surface area contributed by atoms with Crippen LogP contribution >= 0.6 is 0 Å². The normalized spacial score (nSPS) is 11.0. The first-order chi connectivity index (χ1) is 10.5. The number of nitro groups is 1. The molecule has 8 nitrogen and oxygen atoms in total. The molecule has 22 heavy (non-hydrogen) atoms. The summed E-state index contributed by atoms with van der Waals surface area (Å²) in [6.07, 6.45) is 1.64. The van der Waals surface area contributed by atoms with Gasteiger partial charge in [-0.15, -0.1) is 0 Å². The topological polar surface area (TPSA) is 95.3 Å². The van der Waals surface area contributed by atoms with Crippen LogP contribution in [-0.4, -0.2) is 24.1 Å². The summed E-state index contributed by atoms with van der Waals surface area (Å²) in [6, 6.07) is 6.68. The van der Waals surface area contributed by atoms with Crippen LogP contribution in [0.5, 0.6) is 0 Å². The van der Waals surface area contributed by atoms with Gasteiger partial charge in [0.2, 0.25) is 0 Å². The van der Waals surface area contributed by atoms with E-state index in [0.717, 1.165) is 0 Å². The van der Waals surface area contributed by atoms with Crippen LogP contribution in [0.15, 0.2) is 35.3 Å². The number of aromatic nitrogens is 4. The molecule has 0 amide bonds. The lowest BCUT2D eigenvalue weighted by Gasteiger charge is -2.05. The largest absolute Gasteiger partial charge is 0.312 e. The number of nitrogens with zero attached hydrogens (tertiary/aromatic N) is 5. The highest BCUT2D eigenvalue weighted by Crippen LogP contribution is 2.22. The Balaban J connectivity index is 2.06. The molecule has 3 rings (SSSR count). The molecule has 3 aromatic rings. The maximum absolute atomic E-state index is 12.0. The summed E-state index contributed by atoms with van der Waals surface area (Å²) in [7, 11) is 0. The van der Waals surface area contributed by atoms with E-state index in [0.29, 0.717) is 22.7 Å². The van der Waals surface area contributed by atoms with Crippen molar-refractivity contribution in [1.82, 2.24) is 19.2 Å². The Morgan fingerprint density at radius 2 is 2.09 bits per heavy atom. The van der Waals surface area contributed by atoms with E-state index in [1.807, 2.05) is 0 Å². The predicted octanol–water partition coefficient (Wildman–Crippen LogP) is 1.46. The number of hydrogen-bond acceptors (Lipinski definition) is 5. The van der Waals surface area contributed by atoms with E-state index in [1.165, 1.54) is 15.1 Å². The first-order valence-electron chi connectivity index (χ1n) is 6.63. The van der Waals surface area contributed by atoms with Gasteiger partial charge < -0.3 is 0 Å². The molecular weight excluding hydrogens is 286 g/mol. The number of aryl methyl sites for hydroxylation is 1. The van der Waals surface area contributed by atoms with E-state index in [4.69, 9.17) is 0 Å². The summed E-state index contributed by atoms with van der Waals surface area (Å²) < 4.78 is 2.93. The molecule has 0 unspecified atom stereocenters. The van der Waals surface area contributed by atoms with E-state index in [9.17, 15) is 14.9 Å². The van der Waals surface area contributed by atoms with Crippen LogP contribution in [0.1, 0.15) is 17.1 Å². The SMILES string of the molecule is Cc1nn(Cc2cc(=O)n3ccccc3n2)c(C)c1[N+](=O)[O-]. The van der Waals surface area contributed by atoms with Gasteiger partial charge in [0, 0.05) is 12.3 Å². The van der Waals surface area contributed by atoms with Gasteiger partial charge in [-0.25, -0.2) is 4.98 Å². The van der Waals surface area contributed by atoms with Crippen molar-refractivity contribution < 1.29 is 4.92 Å². The molecule has 0 aliphatic heterocycles. The minimum absolute atomic E-state index is 0.00230. The molecule has 0 aliphatic carbocycles. The molecule has 0 saturated heterocycles. The van der Waals surface area contributed by atoms with E-state index in [-0.39, 0.29) is 17.8 Å². The lowest BCUT2D eigenvalue weighted by Crippen LogP contribution is -2.17. The fraction of sp³-hybridized carbons (Fsp3) is 0.214. The van der Waals surface area contributed by atoms with Crippen LogP contribution < -0.4 is 5.56 Å². The van der Waals surface area contributed by atoms with Gasteiger partial charge in [-0.1, -0.05) is 6.07 Å². The molecule has 3 heterocycles. The van der Waals surface area contributed by atoms with Crippen molar-refractivity contribution in [2.75, 3.05) is 0 Å². The maximum Gasteiger partial charge on any atom is 0.312 e. The van der Waals surface area contributed by atoms with E-state index in [2.05, 4.69) is 10.1 Å². The number of rotatable bonds is 3. The molecule has 0 saturated carbocycles. The predicted molar refractivity (Wildman–Crippen MR) is 78.9 cm³/mol. The molecular formula is C14H13N5O3. The Kier molecular flexibility index (Phi) is 3.21. The lowest BCUT2D eigenvalue weighted by atomic mass is 10.3. The van der Waals surface area contributed by atoms with Gasteiger partial charge in [0.05, 0.1) is 17.2 Å². The Morgan fingerprint density at radius 3 is 2.77 bits per heavy atom. The van der Waals surface area contributed by atoms with Crippen molar-refractivity contribution in [3.8, 4) is 0 Å². The van der Waals surface area contributed by atoms with Gasteiger partial charge in [-0.05, 0) is 26.0 Å². The highest BCUT2D eigenvalue weighted by molar-refractivity contribution is 5.40. The lowest BCUT2D eigenvalue weighted by molar-refractivity contribution is -0.386. The molecule has 3 aromatic heterocycles. The average Bonchev–Trinajstić information content (AvgIpc) is 2.73. The Hall–Kier alpha value is -3.03. The zero-order valence-electron chi connectivity index (χ0n) is 12.1. The third-order valence-corrected chi connectivity index (χ3v) is 3.46. The minimum atomic E-state index is -0.448. The highest BCUT2D eigenvalue weighted by atomic mass is 16.6. The summed E-state index contributed by atoms with van der Waals surface area (Å²) in [5.74, 6) is 0. The fourth-order valence-electron chi connectivity index (χ4n) is 2.44. The molecule has 0 bridgehead atoms. The molecule has 112 valence electrons. The van der Waals surface area contributed by atoms with Gasteiger partial charge in [-0.2, -0.15) is 5.10 Å². The zero-order valence-corrected chi connectivity index (χ0v) is 12.1. The van der Waals surface area contributed by atoms with Gasteiger partial charge in [0.15, 0.2) is 0 Å². The Labute approximate surface area is 124 Å². The minimum Gasteiger partial charge on any atom is -0.269 e. The smallest absolute Gasteiger partial charge is 0.269 e. The summed E-state index contributed by atoms with van der Waals surface area (Å²) in [5.41, 5.74) is 1.63. The number of fused-ring (bicyclic) bond motifs is 1. The molecule has 8 heteroatoms. The summed E-state index contributed by atoms with van der Waals surface area (Å²) in [4.78, 5) is 27.0. The van der Waals surface area contributed by atoms with Crippen LogP contribution in [0, 0.1) is 24.0 Å². The van der Waals surface area contributed by atoms with Crippen molar-refractivity contribution in [3.05, 3.63) is 68.0 Å². The van der Waals surface area contributed by atoms with Gasteiger partial charge in [0.1, 0.15) is 17.0 Å². The Morgan fingerprint density at radius 1 is 1.32 bits per heavy atom. The first-order valence-corrected chi connectivity index (χ1v) is 6.63. The molecule has 0 N–H and O–H groups in total. The van der Waals surface area contributed by atoms with Crippen molar-refractivity contribution in [3.63, 3.8) is 0 Å². The van der Waals surface area contributed by atoms with Gasteiger partial charge in [-0.3, -0.25) is 24.0 Å². The van der Waals surface area contributed by atoms with Crippen LogP contribution in [0.25, 0.3) is 5.65 Å². The van der Waals surface area contributed by atoms with E-state index >= 15 is 0 Å². The molecule has 0 radical (unpaired) electrons. The summed E-state index contributed by atoms with van der Waals surface area (Å²) >= 11 is 0. The second-order valence-corrected chi connectivity index (χ2v) is 4.95. The maximum atomic E-state index is 12.0. The van der Waals surface area contributed by atoms with Crippen LogP contribution in [0.3, 0.4) is 0 Å². The molecule has 0 atom stereocenters.